The van der Waals surface area contributed by atoms with Crippen LogP contribution in [0.25, 0.3) is 0 Å². The average Bonchev–Trinajstić information content (AvgIpc) is 2.81. The van der Waals surface area contributed by atoms with Gasteiger partial charge in [0.05, 0.1) is 13.2 Å². The fourth-order valence-corrected chi connectivity index (χ4v) is 3.13. The highest BCUT2D eigenvalue weighted by Crippen LogP contribution is 2.18. The maximum absolute atomic E-state index is 12.6. The van der Waals surface area contributed by atoms with Gasteiger partial charge in [-0.05, 0) is 74.5 Å². The molecule has 0 aliphatic heterocycles. The Morgan fingerprint density at radius 3 is 2.10 bits per heavy atom. The van der Waals surface area contributed by atoms with E-state index in [1.165, 1.54) is 0 Å². The molecule has 0 aliphatic carbocycles. The van der Waals surface area contributed by atoms with Crippen LogP contribution >= 0.6 is 0 Å². The fourth-order valence-electron chi connectivity index (χ4n) is 3.13. The van der Waals surface area contributed by atoms with Crippen molar-refractivity contribution in [3.8, 4) is 5.75 Å². The van der Waals surface area contributed by atoms with Crippen LogP contribution in [0.4, 0.5) is 17.1 Å². The first-order valence-electron chi connectivity index (χ1n) is 10.3. The number of anilines is 3. The second-order valence-corrected chi connectivity index (χ2v) is 6.82. The Bertz CT molecular complexity index is 987. The lowest BCUT2D eigenvalue weighted by molar-refractivity contribution is -0.116. The predicted molar refractivity (Wildman–Crippen MR) is 125 cm³/mol. The molecule has 6 nitrogen and oxygen atoms in total. The molecule has 2 amide bonds. The van der Waals surface area contributed by atoms with Crippen molar-refractivity contribution in [2.75, 3.05) is 35.2 Å². The van der Waals surface area contributed by atoms with Crippen molar-refractivity contribution in [1.82, 2.24) is 0 Å². The maximum atomic E-state index is 12.6. The van der Waals surface area contributed by atoms with Crippen molar-refractivity contribution in [3.05, 3.63) is 84.4 Å². The van der Waals surface area contributed by atoms with Gasteiger partial charge in [0.15, 0.2) is 0 Å². The molecule has 160 valence electrons. The van der Waals surface area contributed by atoms with Gasteiger partial charge in [-0.3, -0.25) is 9.59 Å². The van der Waals surface area contributed by atoms with Gasteiger partial charge >= 0.3 is 0 Å². The minimum absolute atomic E-state index is 0.0222. The first kappa shape index (κ1) is 21.9. The molecule has 0 heterocycles. The van der Waals surface area contributed by atoms with Gasteiger partial charge in [-0.2, -0.15) is 0 Å². The number of carbonyl (C=O) groups excluding carboxylic acids is 2. The van der Waals surface area contributed by atoms with Gasteiger partial charge in [0, 0.05) is 29.2 Å². The molecule has 0 aromatic heterocycles. The minimum atomic E-state index is -0.201. The first-order valence-corrected chi connectivity index (χ1v) is 10.3. The third-order valence-electron chi connectivity index (χ3n) is 4.70. The number of ether oxygens (including phenoxy) is 1. The second-order valence-electron chi connectivity index (χ2n) is 6.82. The minimum Gasteiger partial charge on any atom is -0.494 e. The molecule has 6 heteroatoms. The van der Waals surface area contributed by atoms with Gasteiger partial charge in [0.25, 0.3) is 5.91 Å². The predicted octanol–water partition coefficient (Wildman–Crippen LogP) is 4.80. The molecule has 0 atom stereocenters. The molecule has 0 fully saturated rings. The number of para-hydroxylation sites is 1. The molecule has 3 rings (SSSR count). The highest BCUT2D eigenvalue weighted by atomic mass is 16.5. The van der Waals surface area contributed by atoms with E-state index in [1.54, 1.807) is 41.3 Å². The van der Waals surface area contributed by atoms with E-state index >= 15 is 0 Å². The Kier molecular flexibility index (Phi) is 7.65. The summed E-state index contributed by atoms with van der Waals surface area (Å²) in [5.41, 5.74) is 2.88. The molecule has 31 heavy (non-hydrogen) atoms. The number of benzene rings is 3. The van der Waals surface area contributed by atoms with Crippen molar-refractivity contribution in [1.29, 1.82) is 0 Å². The van der Waals surface area contributed by atoms with Gasteiger partial charge in [0.1, 0.15) is 5.75 Å². The smallest absolute Gasteiger partial charge is 0.255 e. The zero-order chi connectivity index (χ0) is 22.1. The van der Waals surface area contributed by atoms with Crippen LogP contribution < -0.4 is 20.3 Å². The van der Waals surface area contributed by atoms with E-state index < -0.39 is 0 Å². The summed E-state index contributed by atoms with van der Waals surface area (Å²) in [7, 11) is 0. The highest BCUT2D eigenvalue weighted by Gasteiger charge is 2.13. The quantitative estimate of drug-likeness (QED) is 0.525. The summed E-state index contributed by atoms with van der Waals surface area (Å²) in [5, 5.41) is 5.99. The Morgan fingerprint density at radius 1 is 0.839 bits per heavy atom. The van der Waals surface area contributed by atoms with Crippen LogP contribution in [0.1, 0.15) is 24.2 Å². The average molecular weight is 418 g/mol. The van der Waals surface area contributed by atoms with Gasteiger partial charge in [0.2, 0.25) is 5.91 Å². The topological polar surface area (TPSA) is 70.7 Å². The number of rotatable bonds is 9. The van der Waals surface area contributed by atoms with Crippen LogP contribution in [-0.2, 0) is 4.79 Å². The van der Waals surface area contributed by atoms with Gasteiger partial charge in [-0.1, -0.05) is 18.2 Å². The number of hydrogen-bond donors (Lipinski definition) is 2. The summed E-state index contributed by atoms with van der Waals surface area (Å²) in [4.78, 5) is 26.8. The lowest BCUT2D eigenvalue weighted by Gasteiger charge is -2.21. The van der Waals surface area contributed by atoms with E-state index in [2.05, 4.69) is 10.6 Å². The number of likely N-dealkylation sites (N-methyl/N-ethyl adjacent to an activating group) is 1. The summed E-state index contributed by atoms with van der Waals surface area (Å²) in [5.74, 6) is 0.540. The number of carbonyl (C=O) groups is 2. The SMILES string of the molecule is CCOc1ccc(NC(=O)c2ccc(NCC(=O)N(CC)c3ccccc3)cc2)cc1. The molecule has 3 aromatic carbocycles. The van der Waals surface area contributed by atoms with Crippen LogP contribution in [0.15, 0.2) is 78.9 Å². The Balaban J connectivity index is 1.54. The Labute approximate surface area is 182 Å². The molecule has 0 unspecified atom stereocenters. The summed E-state index contributed by atoms with van der Waals surface area (Å²) in [6.45, 7) is 5.23. The number of hydrogen-bond acceptors (Lipinski definition) is 4. The molecule has 0 radical (unpaired) electrons. The maximum Gasteiger partial charge on any atom is 0.255 e. The number of amides is 2. The number of nitrogens with zero attached hydrogens (tertiary/aromatic N) is 1. The van der Waals surface area contributed by atoms with Crippen LogP contribution in [0.2, 0.25) is 0 Å². The molecule has 0 saturated carbocycles. The summed E-state index contributed by atoms with van der Waals surface area (Å²) in [6.07, 6.45) is 0. The van der Waals surface area contributed by atoms with Gasteiger partial charge < -0.3 is 20.3 Å². The zero-order valence-corrected chi connectivity index (χ0v) is 17.8. The summed E-state index contributed by atoms with van der Waals surface area (Å²) in [6, 6.07) is 23.9. The van der Waals surface area contributed by atoms with E-state index in [0.717, 1.165) is 17.1 Å². The number of nitrogens with one attached hydrogen (secondary N) is 2. The van der Waals surface area contributed by atoms with E-state index in [-0.39, 0.29) is 18.4 Å². The fraction of sp³-hybridized carbons (Fsp3) is 0.200. The van der Waals surface area contributed by atoms with Crippen molar-refractivity contribution < 1.29 is 14.3 Å². The second kappa shape index (κ2) is 10.8. The normalized spacial score (nSPS) is 10.3. The van der Waals surface area contributed by atoms with Crippen molar-refractivity contribution >= 4 is 28.9 Å². The standard InChI is InChI=1S/C25H27N3O3/c1-3-28(22-8-6-5-7-9-22)24(29)18-26-20-12-10-19(11-13-20)25(30)27-21-14-16-23(17-15-21)31-4-2/h5-17,26H,3-4,18H2,1-2H3,(H,27,30). The Hall–Kier alpha value is -3.80. The van der Waals surface area contributed by atoms with Crippen LogP contribution in [0, 0.1) is 0 Å². The highest BCUT2D eigenvalue weighted by molar-refractivity contribution is 6.04. The summed E-state index contributed by atoms with van der Waals surface area (Å²) >= 11 is 0. The zero-order valence-electron chi connectivity index (χ0n) is 17.8. The van der Waals surface area contributed by atoms with E-state index in [0.29, 0.717) is 24.4 Å². The van der Waals surface area contributed by atoms with E-state index in [9.17, 15) is 9.59 Å². The van der Waals surface area contributed by atoms with Crippen molar-refractivity contribution in [2.24, 2.45) is 0 Å². The molecule has 0 saturated heterocycles. The van der Waals surface area contributed by atoms with Crippen LogP contribution in [0.5, 0.6) is 5.75 Å². The molecular formula is C25H27N3O3. The Morgan fingerprint density at radius 2 is 1.48 bits per heavy atom. The lowest BCUT2D eigenvalue weighted by Crippen LogP contribution is -2.35. The van der Waals surface area contributed by atoms with E-state index in [4.69, 9.17) is 4.74 Å². The molecular weight excluding hydrogens is 390 g/mol. The van der Waals surface area contributed by atoms with Crippen molar-refractivity contribution in [3.63, 3.8) is 0 Å². The van der Waals surface area contributed by atoms with Crippen LogP contribution in [0.3, 0.4) is 0 Å². The molecule has 2 N–H and O–H groups in total. The lowest BCUT2D eigenvalue weighted by atomic mass is 10.2. The van der Waals surface area contributed by atoms with Crippen molar-refractivity contribution in [2.45, 2.75) is 13.8 Å². The van der Waals surface area contributed by atoms with Crippen LogP contribution in [-0.4, -0.2) is 31.5 Å². The van der Waals surface area contributed by atoms with Gasteiger partial charge in [-0.15, -0.1) is 0 Å². The molecule has 0 bridgehead atoms. The largest absolute Gasteiger partial charge is 0.494 e. The third kappa shape index (κ3) is 6.09. The summed E-state index contributed by atoms with van der Waals surface area (Å²) < 4.78 is 5.40. The van der Waals surface area contributed by atoms with E-state index in [1.807, 2.05) is 56.3 Å². The molecule has 0 aliphatic rings. The molecule has 0 spiro atoms. The monoisotopic (exact) mass is 417 g/mol. The molecule has 3 aromatic rings. The third-order valence-corrected chi connectivity index (χ3v) is 4.70. The van der Waals surface area contributed by atoms with Gasteiger partial charge in [-0.25, -0.2) is 0 Å². The first-order chi connectivity index (χ1) is 15.1.